The molecule has 0 aliphatic carbocycles. The number of nitrogens with one attached hydrogen (secondary N) is 2. The summed E-state index contributed by atoms with van der Waals surface area (Å²) in [6.45, 7) is 1.89. The summed E-state index contributed by atoms with van der Waals surface area (Å²) in [5.41, 5.74) is 1.93. The second-order valence-electron chi connectivity index (χ2n) is 10.5. The Kier molecular flexibility index (Phi) is 8.80. The Morgan fingerprint density at radius 1 is 0.837 bits per heavy atom. The Bertz CT molecular complexity index is 1640. The third-order valence-electron chi connectivity index (χ3n) is 7.53. The van der Waals surface area contributed by atoms with Crippen molar-refractivity contribution in [2.75, 3.05) is 22.1 Å². The van der Waals surface area contributed by atoms with Gasteiger partial charge in [0, 0.05) is 40.6 Å². The molecule has 0 bridgehead atoms. The summed E-state index contributed by atoms with van der Waals surface area (Å²) in [4.78, 5) is 40.8. The van der Waals surface area contributed by atoms with Gasteiger partial charge in [-0.3, -0.25) is 14.4 Å². The van der Waals surface area contributed by atoms with E-state index in [-0.39, 0.29) is 25.0 Å². The van der Waals surface area contributed by atoms with Crippen LogP contribution in [-0.2, 0) is 16.9 Å². The lowest BCUT2D eigenvalue weighted by Gasteiger charge is -2.28. The van der Waals surface area contributed by atoms with E-state index in [4.69, 9.17) is 0 Å². The van der Waals surface area contributed by atoms with E-state index in [9.17, 15) is 24.6 Å². The van der Waals surface area contributed by atoms with E-state index in [1.165, 1.54) is 4.90 Å². The summed E-state index contributed by atoms with van der Waals surface area (Å²) in [6.07, 6.45) is 3.86. The van der Waals surface area contributed by atoms with Crippen LogP contribution >= 0.6 is 0 Å². The zero-order chi connectivity index (χ0) is 30.4. The van der Waals surface area contributed by atoms with Crippen LogP contribution in [0, 0.1) is 5.92 Å². The van der Waals surface area contributed by atoms with Gasteiger partial charge in [0.25, 0.3) is 17.7 Å². The summed E-state index contributed by atoms with van der Waals surface area (Å²) >= 11 is 0. The highest BCUT2D eigenvalue weighted by molar-refractivity contribution is 6.09. The molecule has 8 heteroatoms. The molecule has 3 amide bonds. The molecule has 0 saturated carbocycles. The molecule has 1 aliphatic rings. The van der Waals surface area contributed by atoms with E-state index in [1.54, 1.807) is 97.9 Å². The van der Waals surface area contributed by atoms with Crippen molar-refractivity contribution >= 4 is 34.8 Å². The fourth-order valence-corrected chi connectivity index (χ4v) is 5.16. The summed E-state index contributed by atoms with van der Waals surface area (Å²) in [5.74, 6) is -1.64. The van der Waals surface area contributed by atoms with Gasteiger partial charge in [-0.05, 0) is 66.6 Å². The Hall–Kier alpha value is -5.05. The maximum absolute atomic E-state index is 13.9. The molecular weight excluding hydrogens is 542 g/mol. The van der Waals surface area contributed by atoms with Gasteiger partial charge < -0.3 is 25.7 Å². The van der Waals surface area contributed by atoms with Gasteiger partial charge in [-0.2, -0.15) is 0 Å². The van der Waals surface area contributed by atoms with E-state index in [1.807, 2.05) is 24.3 Å². The smallest absolute Gasteiger partial charge is 0.264 e. The maximum Gasteiger partial charge on any atom is 0.264 e. The van der Waals surface area contributed by atoms with Crippen LogP contribution in [0.1, 0.15) is 45.2 Å². The fourth-order valence-electron chi connectivity index (χ4n) is 5.16. The van der Waals surface area contributed by atoms with Crippen molar-refractivity contribution in [3.8, 4) is 0 Å². The summed E-state index contributed by atoms with van der Waals surface area (Å²) < 4.78 is 0. The first-order valence-electron chi connectivity index (χ1n) is 14.1. The first-order chi connectivity index (χ1) is 20.8. The third-order valence-corrected chi connectivity index (χ3v) is 7.53. The van der Waals surface area contributed by atoms with Gasteiger partial charge in [-0.25, -0.2) is 0 Å². The van der Waals surface area contributed by atoms with Crippen molar-refractivity contribution in [2.24, 2.45) is 5.92 Å². The highest BCUT2D eigenvalue weighted by Gasteiger charge is 2.52. The zero-order valence-corrected chi connectivity index (χ0v) is 23.7. The van der Waals surface area contributed by atoms with Crippen LogP contribution in [0.5, 0.6) is 0 Å². The lowest BCUT2D eigenvalue weighted by Crippen LogP contribution is -2.44. The number of carbonyl (C=O) groups excluding carboxylic acids is 3. The molecule has 0 fully saturated rings. The number of aliphatic hydroxyl groups is 2. The molecule has 4 aromatic carbocycles. The molecule has 2 atom stereocenters. The number of anilines is 3. The minimum Gasteiger partial charge on any atom is -0.396 e. The lowest BCUT2D eigenvalue weighted by molar-refractivity contribution is -0.139. The Morgan fingerprint density at radius 2 is 1.40 bits per heavy atom. The Morgan fingerprint density at radius 3 is 1.98 bits per heavy atom. The van der Waals surface area contributed by atoms with Crippen molar-refractivity contribution in [2.45, 2.75) is 25.5 Å². The first-order valence-corrected chi connectivity index (χ1v) is 14.1. The van der Waals surface area contributed by atoms with Gasteiger partial charge >= 0.3 is 0 Å². The molecule has 43 heavy (non-hydrogen) atoms. The molecule has 1 aliphatic heterocycles. The molecule has 0 unspecified atom stereocenters. The zero-order valence-electron chi connectivity index (χ0n) is 23.7. The number of rotatable bonds is 10. The largest absolute Gasteiger partial charge is 0.396 e. The number of amides is 3. The molecule has 4 aromatic rings. The second kappa shape index (κ2) is 12.9. The topological polar surface area (TPSA) is 119 Å². The van der Waals surface area contributed by atoms with E-state index in [0.29, 0.717) is 40.2 Å². The van der Waals surface area contributed by atoms with Crippen LogP contribution in [0.25, 0.3) is 0 Å². The number of aliphatic hydroxyl groups excluding tert-OH is 1. The molecule has 1 heterocycles. The molecule has 4 N–H and O–H groups in total. The monoisotopic (exact) mass is 575 g/mol. The minimum absolute atomic E-state index is 0.0459. The summed E-state index contributed by atoms with van der Waals surface area (Å²) in [7, 11) is 0. The van der Waals surface area contributed by atoms with Crippen molar-refractivity contribution in [3.63, 3.8) is 0 Å². The number of benzene rings is 4. The lowest BCUT2D eigenvalue weighted by atomic mass is 9.82. The van der Waals surface area contributed by atoms with E-state index >= 15 is 0 Å². The van der Waals surface area contributed by atoms with Crippen LogP contribution in [0.15, 0.2) is 115 Å². The first kappa shape index (κ1) is 29.4. The molecular formula is C35H33N3O5. The summed E-state index contributed by atoms with van der Waals surface area (Å²) in [6, 6.07) is 30.0. The average Bonchev–Trinajstić information content (AvgIpc) is 3.25. The molecule has 5 rings (SSSR count). The minimum atomic E-state index is -1.89. The third kappa shape index (κ3) is 6.25. The normalized spacial score (nSPS) is 16.6. The van der Waals surface area contributed by atoms with Crippen LogP contribution in [0.3, 0.4) is 0 Å². The van der Waals surface area contributed by atoms with Gasteiger partial charge in [0.05, 0.1) is 12.2 Å². The second-order valence-corrected chi connectivity index (χ2v) is 10.5. The van der Waals surface area contributed by atoms with Crippen LogP contribution in [0.4, 0.5) is 17.1 Å². The number of nitrogens with zero attached hydrogens (tertiary/aromatic N) is 1. The number of fused-ring (bicyclic) bond motifs is 1. The fraction of sp³-hybridized carbons (Fsp3) is 0.171. The number of carbonyl (C=O) groups is 3. The van der Waals surface area contributed by atoms with E-state index in [0.717, 1.165) is 5.56 Å². The highest BCUT2D eigenvalue weighted by Crippen LogP contribution is 2.47. The predicted octanol–water partition coefficient (Wildman–Crippen LogP) is 5.50. The standard InChI is InChI=1S/C35H33N3O5/c1-24(10-8-9-21-39)35(43)30-22-29(37-33(41)27-13-6-3-7-14-27)19-20-31(30)38(34(35)42)23-25-15-17-28(18-16-25)36-32(40)26-11-4-2-5-12-26/h2-8,10-20,22,24,39,43H,9,21,23H2,1H3,(H,36,40)(H,37,41)/b10-8+/t24-,35+/m0/s1. The van der Waals surface area contributed by atoms with Crippen LogP contribution in [-0.4, -0.2) is 34.5 Å². The van der Waals surface area contributed by atoms with Crippen LogP contribution in [0.2, 0.25) is 0 Å². The van der Waals surface area contributed by atoms with E-state index < -0.39 is 17.4 Å². The maximum atomic E-state index is 13.9. The van der Waals surface area contributed by atoms with Crippen molar-refractivity contribution in [1.82, 2.24) is 0 Å². The SMILES string of the molecule is C[C@@H](/C=C/CCO)[C@]1(O)C(=O)N(Cc2ccc(NC(=O)c3ccccc3)cc2)c2ccc(NC(=O)c3ccccc3)cc21. The van der Waals surface area contributed by atoms with Crippen molar-refractivity contribution in [1.29, 1.82) is 0 Å². The van der Waals surface area contributed by atoms with Crippen molar-refractivity contribution < 1.29 is 24.6 Å². The van der Waals surface area contributed by atoms with E-state index in [2.05, 4.69) is 10.6 Å². The predicted molar refractivity (Wildman–Crippen MR) is 167 cm³/mol. The van der Waals surface area contributed by atoms with Crippen molar-refractivity contribution in [3.05, 3.63) is 138 Å². The molecule has 0 saturated heterocycles. The number of hydrogen-bond donors (Lipinski definition) is 4. The van der Waals surface area contributed by atoms with Gasteiger partial charge in [0.1, 0.15) is 0 Å². The molecule has 218 valence electrons. The quantitative estimate of drug-likeness (QED) is 0.186. The molecule has 0 spiro atoms. The highest BCUT2D eigenvalue weighted by atomic mass is 16.3. The summed E-state index contributed by atoms with van der Waals surface area (Å²) in [5, 5.41) is 26.9. The number of hydrogen-bond acceptors (Lipinski definition) is 5. The Labute approximate surface area is 250 Å². The average molecular weight is 576 g/mol. The van der Waals surface area contributed by atoms with Crippen LogP contribution < -0.4 is 15.5 Å². The van der Waals surface area contributed by atoms with Gasteiger partial charge in [-0.15, -0.1) is 0 Å². The molecule has 8 nitrogen and oxygen atoms in total. The van der Waals surface area contributed by atoms with Gasteiger partial charge in [0.15, 0.2) is 5.60 Å². The Balaban J connectivity index is 1.41. The van der Waals surface area contributed by atoms with Gasteiger partial charge in [0.2, 0.25) is 0 Å². The van der Waals surface area contributed by atoms with Gasteiger partial charge in [-0.1, -0.05) is 67.6 Å². The molecule has 0 radical (unpaired) electrons. The molecule has 0 aromatic heterocycles.